The van der Waals surface area contributed by atoms with Gasteiger partial charge in [-0.05, 0) is 18.5 Å². The molecule has 1 atom stereocenters. The summed E-state index contributed by atoms with van der Waals surface area (Å²) in [6, 6.07) is 30.4. The van der Waals surface area contributed by atoms with E-state index >= 15 is 0 Å². The van der Waals surface area contributed by atoms with Crippen molar-refractivity contribution in [3.8, 4) is 0 Å². The molecule has 114 valence electrons. The van der Waals surface area contributed by atoms with E-state index in [1.54, 1.807) is 0 Å². The number of Topliss-reactive ketones (excluding diaryl/α,β-unsaturated/α-hetero) is 1. The number of hydrogen-bond donors (Lipinski definition) is 0. The van der Waals surface area contributed by atoms with Gasteiger partial charge in [-0.2, -0.15) is 0 Å². The Morgan fingerprint density at radius 1 is 0.696 bits per heavy atom. The van der Waals surface area contributed by atoms with Crippen molar-refractivity contribution in [2.24, 2.45) is 0 Å². The number of benzene rings is 3. The van der Waals surface area contributed by atoms with Gasteiger partial charge in [-0.25, -0.2) is 0 Å². The molecule has 0 aliphatic rings. The zero-order valence-electron chi connectivity index (χ0n) is 13.1. The van der Waals surface area contributed by atoms with Crippen LogP contribution in [-0.4, -0.2) is 11.4 Å². The number of rotatable bonds is 5. The van der Waals surface area contributed by atoms with Gasteiger partial charge in [0.2, 0.25) is 0 Å². The number of carbonyl (C=O) groups is 1. The number of ketones is 1. The lowest BCUT2D eigenvalue weighted by molar-refractivity contribution is 0.0993. The Hall–Kier alpha value is -2.24. The standard InChI is InChI=1S/C21H19OP/c1-17(21(22)18-11-5-2-6-12-18)23(19-13-7-3-8-14-19)20-15-9-4-10-16-20/h2-17H,1H3/t17-/m0/s1. The average molecular weight is 318 g/mol. The lowest BCUT2D eigenvalue weighted by Crippen LogP contribution is -2.26. The number of hydrogen-bond acceptors (Lipinski definition) is 1. The second kappa shape index (κ2) is 7.35. The molecule has 3 rings (SSSR count). The molecule has 0 amide bonds. The maximum atomic E-state index is 12.9. The van der Waals surface area contributed by atoms with Crippen molar-refractivity contribution in [2.75, 3.05) is 0 Å². The molecule has 0 heterocycles. The zero-order valence-corrected chi connectivity index (χ0v) is 14.0. The first-order chi connectivity index (χ1) is 11.3. The minimum Gasteiger partial charge on any atom is -0.293 e. The number of carbonyl (C=O) groups excluding carboxylic acids is 1. The van der Waals surface area contributed by atoms with Gasteiger partial charge in [-0.3, -0.25) is 4.79 Å². The van der Waals surface area contributed by atoms with Gasteiger partial charge in [-0.15, -0.1) is 0 Å². The van der Waals surface area contributed by atoms with E-state index in [9.17, 15) is 4.79 Å². The zero-order chi connectivity index (χ0) is 16.1. The predicted octanol–water partition coefficient (Wildman–Crippen LogP) is 4.39. The van der Waals surface area contributed by atoms with Gasteiger partial charge >= 0.3 is 0 Å². The Kier molecular flexibility index (Phi) is 5.00. The first kappa shape index (κ1) is 15.6. The van der Waals surface area contributed by atoms with Crippen LogP contribution in [0.25, 0.3) is 0 Å². The third kappa shape index (κ3) is 3.57. The molecule has 0 saturated heterocycles. The van der Waals surface area contributed by atoms with Gasteiger partial charge in [0.05, 0.1) is 0 Å². The van der Waals surface area contributed by atoms with Crippen LogP contribution in [-0.2, 0) is 0 Å². The monoisotopic (exact) mass is 318 g/mol. The van der Waals surface area contributed by atoms with Crippen molar-refractivity contribution in [3.63, 3.8) is 0 Å². The van der Waals surface area contributed by atoms with Gasteiger partial charge in [-0.1, -0.05) is 97.9 Å². The second-order valence-electron chi connectivity index (χ2n) is 5.45. The van der Waals surface area contributed by atoms with Crippen LogP contribution in [0.4, 0.5) is 0 Å². The summed E-state index contributed by atoms with van der Waals surface area (Å²) in [5.41, 5.74) is 0.733. The highest BCUT2D eigenvalue weighted by molar-refractivity contribution is 7.74. The molecular formula is C21H19OP. The van der Waals surface area contributed by atoms with E-state index in [0.29, 0.717) is 0 Å². The van der Waals surface area contributed by atoms with Crippen molar-refractivity contribution in [2.45, 2.75) is 12.6 Å². The van der Waals surface area contributed by atoms with Gasteiger partial charge in [0.1, 0.15) is 0 Å². The van der Waals surface area contributed by atoms with E-state index < -0.39 is 7.92 Å². The fraction of sp³-hybridized carbons (Fsp3) is 0.0952. The largest absolute Gasteiger partial charge is 0.293 e. The summed E-state index contributed by atoms with van der Waals surface area (Å²) in [5.74, 6) is 0.212. The molecule has 0 spiro atoms. The normalized spacial score (nSPS) is 12.1. The Morgan fingerprint density at radius 2 is 1.09 bits per heavy atom. The first-order valence-corrected chi connectivity index (χ1v) is 9.17. The van der Waals surface area contributed by atoms with Gasteiger partial charge in [0.25, 0.3) is 0 Å². The highest BCUT2D eigenvalue weighted by atomic mass is 31.1. The summed E-state index contributed by atoms with van der Waals surface area (Å²) in [6.07, 6.45) is 0. The van der Waals surface area contributed by atoms with Crippen LogP contribution in [0.1, 0.15) is 17.3 Å². The van der Waals surface area contributed by atoms with Crippen molar-refractivity contribution >= 4 is 24.3 Å². The van der Waals surface area contributed by atoms with Gasteiger partial charge in [0, 0.05) is 11.2 Å². The summed E-state index contributed by atoms with van der Waals surface area (Å²) in [7, 11) is -0.725. The van der Waals surface area contributed by atoms with Crippen molar-refractivity contribution in [1.82, 2.24) is 0 Å². The Balaban J connectivity index is 2.00. The molecule has 0 N–H and O–H groups in total. The lowest BCUT2D eigenvalue weighted by Gasteiger charge is -2.24. The molecule has 23 heavy (non-hydrogen) atoms. The summed E-state index contributed by atoms with van der Waals surface area (Å²) >= 11 is 0. The molecule has 0 aromatic heterocycles. The van der Waals surface area contributed by atoms with E-state index in [1.165, 1.54) is 10.6 Å². The Bertz CT molecular complexity index is 714. The molecule has 3 aromatic carbocycles. The van der Waals surface area contributed by atoms with Gasteiger partial charge in [0.15, 0.2) is 5.78 Å². The third-order valence-electron chi connectivity index (χ3n) is 3.89. The Morgan fingerprint density at radius 3 is 1.52 bits per heavy atom. The maximum absolute atomic E-state index is 12.9. The minimum atomic E-state index is -0.725. The van der Waals surface area contributed by atoms with E-state index in [0.717, 1.165) is 5.56 Å². The second-order valence-corrected chi connectivity index (χ2v) is 7.99. The van der Waals surface area contributed by atoms with Crippen LogP contribution in [0, 0.1) is 0 Å². The van der Waals surface area contributed by atoms with Crippen molar-refractivity contribution in [3.05, 3.63) is 96.6 Å². The van der Waals surface area contributed by atoms with E-state index in [-0.39, 0.29) is 11.4 Å². The molecule has 0 radical (unpaired) electrons. The van der Waals surface area contributed by atoms with Crippen molar-refractivity contribution in [1.29, 1.82) is 0 Å². The van der Waals surface area contributed by atoms with E-state index in [4.69, 9.17) is 0 Å². The highest BCUT2D eigenvalue weighted by Crippen LogP contribution is 2.40. The predicted molar refractivity (Wildman–Crippen MR) is 99.3 cm³/mol. The fourth-order valence-electron chi connectivity index (χ4n) is 2.73. The topological polar surface area (TPSA) is 17.1 Å². The van der Waals surface area contributed by atoms with E-state index in [1.807, 2.05) is 66.7 Å². The molecule has 0 fully saturated rings. The smallest absolute Gasteiger partial charge is 0.170 e. The van der Waals surface area contributed by atoms with Gasteiger partial charge < -0.3 is 0 Å². The summed E-state index contributed by atoms with van der Waals surface area (Å²) in [5, 5.41) is 2.48. The summed E-state index contributed by atoms with van der Waals surface area (Å²) < 4.78 is 0. The molecule has 0 unspecified atom stereocenters. The molecule has 0 aliphatic carbocycles. The average Bonchev–Trinajstić information content (AvgIpc) is 2.64. The highest BCUT2D eigenvalue weighted by Gasteiger charge is 2.27. The van der Waals surface area contributed by atoms with E-state index in [2.05, 4.69) is 31.2 Å². The molecule has 0 bridgehead atoms. The SMILES string of the molecule is C[C@@H](C(=O)c1ccccc1)P(c1ccccc1)c1ccccc1. The molecule has 0 saturated carbocycles. The molecular weight excluding hydrogens is 299 g/mol. The molecule has 2 heteroatoms. The van der Waals surface area contributed by atoms with Crippen LogP contribution >= 0.6 is 7.92 Å². The minimum absolute atomic E-state index is 0.0581. The van der Waals surface area contributed by atoms with Crippen LogP contribution in [0.2, 0.25) is 0 Å². The first-order valence-electron chi connectivity index (χ1n) is 7.76. The lowest BCUT2D eigenvalue weighted by atomic mass is 10.1. The third-order valence-corrected chi connectivity index (χ3v) is 6.61. The quantitative estimate of drug-likeness (QED) is 0.504. The summed E-state index contributed by atoms with van der Waals surface area (Å²) in [4.78, 5) is 12.9. The van der Waals surface area contributed by atoms with Crippen molar-refractivity contribution < 1.29 is 4.79 Å². The fourth-order valence-corrected chi connectivity index (χ4v) is 5.30. The van der Waals surface area contributed by atoms with Crippen LogP contribution in [0.5, 0.6) is 0 Å². The van der Waals surface area contributed by atoms with Crippen LogP contribution in [0.3, 0.4) is 0 Å². The molecule has 3 aromatic rings. The van der Waals surface area contributed by atoms with Crippen LogP contribution in [0.15, 0.2) is 91.0 Å². The summed E-state index contributed by atoms with van der Waals surface area (Å²) in [6.45, 7) is 2.06. The van der Waals surface area contributed by atoms with Crippen LogP contribution < -0.4 is 10.6 Å². The maximum Gasteiger partial charge on any atom is 0.170 e. The molecule has 1 nitrogen and oxygen atoms in total. The molecule has 0 aliphatic heterocycles. The Labute approximate surface area is 138 Å².